The zero-order valence-electron chi connectivity index (χ0n) is 5.28. The average molecular weight is 102 g/mol. The number of rotatable bonds is 1. The highest BCUT2D eigenvalue weighted by molar-refractivity contribution is 4.79. The second kappa shape index (κ2) is 9.09. The Bertz CT molecular complexity index is 41.3. The van der Waals surface area contributed by atoms with Crippen molar-refractivity contribution in [2.75, 3.05) is 0 Å². The van der Waals surface area contributed by atoms with Crippen LogP contribution in [0.25, 0.3) is 0 Å². The molecule has 0 rings (SSSR count). The van der Waals surface area contributed by atoms with Gasteiger partial charge >= 0.3 is 0 Å². The summed E-state index contributed by atoms with van der Waals surface area (Å²) in [5, 5.41) is 0. The quantitative estimate of drug-likeness (QED) is 0.383. The second-order valence-electron chi connectivity index (χ2n) is 0.925. The summed E-state index contributed by atoms with van der Waals surface area (Å²) in [5.74, 6) is 4.82. The van der Waals surface area contributed by atoms with Gasteiger partial charge in [0, 0.05) is 5.70 Å². The molecule has 44 valence electrons. The molecule has 0 aromatic rings. The van der Waals surface area contributed by atoms with Crippen LogP contribution in [0.1, 0.15) is 20.8 Å². The van der Waals surface area contributed by atoms with Crippen LogP contribution in [0.2, 0.25) is 0 Å². The monoisotopic (exact) mass is 102 g/mol. The zero-order chi connectivity index (χ0) is 6.28. The number of allylic oxidation sites excluding steroid dienone is 1. The largest absolute Gasteiger partial charge is 0.329 e. The van der Waals surface area contributed by atoms with Crippen LogP contribution in [0.5, 0.6) is 0 Å². The maximum Gasteiger partial charge on any atom is 0.0156 e. The first-order chi connectivity index (χ1) is 3.27. The van der Waals surface area contributed by atoms with Crippen molar-refractivity contribution in [3.63, 3.8) is 0 Å². The van der Waals surface area contributed by atoms with Crippen molar-refractivity contribution < 1.29 is 0 Å². The van der Waals surface area contributed by atoms with Crippen LogP contribution in [0, 0.1) is 0 Å². The minimum Gasteiger partial charge on any atom is -0.329 e. The fourth-order valence-electron chi connectivity index (χ4n) is 0. The van der Waals surface area contributed by atoms with Gasteiger partial charge in [-0.2, -0.15) is 0 Å². The Labute approximate surface area is 45.4 Å². The van der Waals surface area contributed by atoms with Gasteiger partial charge in [-0.25, -0.2) is 0 Å². The lowest BCUT2D eigenvalue weighted by Crippen LogP contribution is -2.17. The molecule has 0 saturated heterocycles. The molecule has 0 amide bonds. The molecule has 7 heavy (non-hydrogen) atoms. The van der Waals surface area contributed by atoms with Gasteiger partial charge in [-0.3, -0.25) is 5.84 Å². The maximum absolute atomic E-state index is 4.82. The Morgan fingerprint density at radius 3 is 1.71 bits per heavy atom. The Kier molecular flexibility index (Phi) is 12.6. The molecular weight excluding hydrogens is 88.1 g/mol. The molecule has 0 aliphatic rings. The molecule has 0 aliphatic heterocycles. The summed E-state index contributed by atoms with van der Waals surface area (Å²) in [4.78, 5) is 0. The van der Waals surface area contributed by atoms with Crippen molar-refractivity contribution in [1.29, 1.82) is 0 Å². The van der Waals surface area contributed by atoms with Crippen molar-refractivity contribution in [3.8, 4) is 0 Å². The second-order valence-corrected chi connectivity index (χ2v) is 0.925. The predicted octanol–water partition coefficient (Wildman–Crippen LogP) is 1.01. The molecule has 0 heterocycles. The lowest BCUT2D eigenvalue weighted by molar-refractivity contribution is 0.892. The van der Waals surface area contributed by atoms with E-state index in [9.17, 15) is 0 Å². The molecule has 0 aromatic carbocycles. The highest BCUT2D eigenvalue weighted by Crippen LogP contribution is 1.66. The zero-order valence-corrected chi connectivity index (χ0v) is 5.28. The molecule has 0 atom stereocenters. The number of hydrazine groups is 1. The molecule has 0 spiro atoms. The van der Waals surface area contributed by atoms with Crippen LogP contribution in [-0.4, -0.2) is 0 Å². The molecule has 0 aliphatic carbocycles. The van der Waals surface area contributed by atoms with Gasteiger partial charge in [-0.1, -0.05) is 20.4 Å². The van der Waals surface area contributed by atoms with Gasteiger partial charge in [0.15, 0.2) is 0 Å². The van der Waals surface area contributed by atoms with Crippen molar-refractivity contribution in [2.24, 2.45) is 5.84 Å². The van der Waals surface area contributed by atoms with E-state index in [-0.39, 0.29) is 0 Å². The van der Waals surface area contributed by atoms with Crippen molar-refractivity contribution in [3.05, 3.63) is 12.3 Å². The van der Waals surface area contributed by atoms with E-state index in [0.29, 0.717) is 0 Å². The van der Waals surface area contributed by atoms with Crippen molar-refractivity contribution >= 4 is 0 Å². The smallest absolute Gasteiger partial charge is 0.0156 e. The Morgan fingerprint density at radius 2 is 1.71 bits per heavy atom. The molecule has 0 bridgehead atoms. The molecule has 3 N–H and O–H groups in total. The van der Waals surface area contributed by atoms with Gasteiger partial charge < -0.3 is 5.43 Å². The lowest BCUT2D eigenvalue weighted by atomic mass is 10.6. The summed E-state index contributed by atoms with van der Waals surface area (Å²) in [6.45, 7) is 9.23. The standard InChI is InChI=1S/C3H8N2.C2H6/c1-3(2)5-4;1-2/h5H,1,4H2,2H3;1-2H3. The van der Waals surface area contributed by atoms with Gasteiger partial charge in [0.1, 0.15) is 0 Å². The highest BCUT2D eigenvalue weighted by atomic mass is 15.2. The molecular formula is C5H14N2. The highest BCUT2D eigenvalue weighted by Gasteiger charge is 1.62. The first-order valence-electron chi connectivity index (χ1n) is 2.39. The average Bonchev–Trinajstić information content (AvgIpc) is 1.73. The topological polar surface area (TPSA) is 38.0 Å². The van der Waals surface area contributed by atoms with Crippen molar-refractivity contribution in [1.82, 2.24) is 5.43 Å². The predicted molar refractivity (Wildman–Crippen MR) is 33.5 cm³/mol. The van der Waals surface area contributed by atoms with Crippen LogP contribution in [0.15, 0.2) is 12.3 Å². The van der Waals surface area contributed by atoms with Gasteiger partial charge in [0.05, 0.1) is 0 Å². The molecule has 0 saturated carbocycles. The van der Waals surface area contributed by atoms with E-state index in [0.717, 1.165) is 5.70 Å². The van der Waals surface area contributed by atoms with E-state index in [4.69, 9.17) is 5.84 Å². The van der Waals surface area contributed by atoms with E-state index >= 15 is 0 Å². The molecule has 2 nitrogen and oxygen atoms in total. The van der Waals surface area contributed by atoms with E-state index in [1.807, 2.05) is 13.8 Å². The van der Waals surface area contributed by atoms with E-state index in [1.165, 1.54) is 0 Å². The van der Waals surface area contributed by atoms with Crippen LogP contribution < -0.4 is 11.3 Å². The molecule has 2 heteroatoms. The summed E-state index contributed by atoms with van der Waals surface area (Å²) in [7, 11) is 0. The fraction of sp³-hybridized carbons (Fsp3) is 0.600. The number of nitrogens with two attached hydrogens (primary N) is 1. The molecule has 0 fully saturated rings. The normalized spacial score (nSPS) is 5.71. The van der Waals surface area contributed by atoms with Gasteiger partial charge in [-0.05, 0) is 6.92 Å². The summed E-state index contributed by atoms with van der Waals surface area (Å²) >= 11 is 0. The first-order valence-corrected chi connectivity index (χ1v) is 2.39. The third-order valence-corrected chi connectivity index (χ3v) is 0.246. The lowest BCUT2D eigenvalue weighted by Gasteiger charge is -1.88. The Hall–Kier alpha value is -0.500. The van der Waals surface area contributed by atoms with Gasteiger partial charge in [-0.15, -0.1) is 0 Å². The van der Waals surface area contributed by atoms with Crippen LogP contribution >= 0.6 is 0 Å². The van der Waals surface area contributed by atoms with E-state index < -0.39 is 0 Å². The number of hydrogen-bond acceptors (Lipinski definition) is 2. The maximum atomic E-state index is 4.82. The Balaban J connectivity index is 0. The number of hydrogen-bond donors (Lipinski definition) is 2. The summed E-state index contributed by atoms with van der Waals surface area (Å²) < 4.78 is 0. The van der Waals surface area contributed by atoms with Crippen LogP contribution in [0.3, 0.4) is 0 Å². The van der Waals surface area contributed by atoms with Crippen LogP contribution in [0.4, 0.5) is 0 Å². The van der Waals surface area contributed by atoms with Crippen molar-refractivity contribution in [2.45, 2.75) is 20.8 Å². The molecule has 0 aromatic heterocycles. The first kappa shape index (κ1) is 9.71. The number of nitrogens with one attached hydrogen (secondary N) is 1. The van der Waals surface area contributed by atoms with Gasteiger partial charge in [0.2, 0.25) is 0 Å². The minimum absolute atomic E-state index is 0.782. The summed E-state index contributed by atoms with van der Waals surface area (Å²) in [6, 6.07) is 0. The SMILES string of the molecule is C=C(C)NN.CC. The fourth-order valence-corrected chi connectivity index (χ4v) is 0. The molecule has 0 radical (unpaired) electrons. The van der Waals surface area contributed by atoms with E-state index in [2.05, 4.69) is 12.0 Å². The minimum atomic E-state index is 0.782. The van der Waals surface area contributed by atoms with E-state index in [1.54, 1.807) is 6.92 Å². The van der Waals surface area contributed by atoms with Crippen LogP contribution in [-0.2, 0) is 0 Å². The summed E-state index contributed by atoms with van der Waals surface area (Å²) in [5.41, 5.74) is 3.12. The molecule has 0 unspecified atom stereocenters. The van der Waals surface area contributed by atoms with Gasteiger partial charge in [0.25, 0.3) is 0 Å². The third-order valence-electron chi connectivity index (χ3n) is 0.246. The Morgan fingerprint density at radius 1 is 1.57 bits per heavy atom. The summed E-state index contributed by atoms with van der Waals surface area (Å²) in [6.07, 6.45) is 0. The third kappa shape index (κ3) is 29.9.